The Hall–Kier alpha value is -2.40. The van der Waals surface area contributed by atoms with E-state index in [1.54, 1.807) is 6.20 Å². The highest BCUT2D eigenvalue weighted by Crippen LogP contribution is 2.48. The molecule has 0 amide bonds. The molecule has 1 N–H and O–H groups in total. The lowest BCUT2D eigenvalue weighted by Crippen LogP contribution is -2.23. The summed E-state index contributed by atoms with van der Waals surface area (Å²) in [6.45, 7) is 0.876. The highest BCUT2D eigenvalue weighted by molar-refractivity contribution is 5.69. The zero-order valence-electron chi connectivity index (χ0n) is 12.7. The van der Waals surface area contributed by atoms with E-state index in [0.717, 1.165) is 30.8 Å². The van der Waals surface area contributed by atoms with Crippen LogP contribution in [0.25, 0.3) is 11.3 Å². The number of aryl methyl sites for hydroxylation is 1. The molecular weight excluding hydrogens is 288 g/mol. The Kier molecular flexibility index (Phi) is 2.73. The van der Waals surface area contributed by atoms with E-state index in [9.17, 15) is 5.11 Å². The summed E-state index contributed by atoms with van der Waals surface area (Å²) in [7, 11) is 0. The van der Waals surface area contributed by atoms with Crippen LogP contribution in [0.5, 0.6) is 0 Å². The van der Waals surface area contributed by atoms with E-state index < -0.39 is 6.10 Å². The zero-order chi connectivity index (χ0) is 15.4. The number of aromatic nitrogens is 4. The van der Waals surface area contributed by atoms with Crippen molar-refractivity contribution in [1.82, 2.24) is 19.3 Å². The Bertz CT molecular complexity index is 865. The fraction of sp³-hybridized carbons (Fsp3) is 0.333. The highest BCUT2D eigenvalue weighted by Gasteiger charge is 2.39. The van der Waals surface area contributed by atoms with E-state index in [1.165, 1.54) is 11.1 Å². The number of nitrogens with zero attached hydrogens (tertiary/aromatic N) is 4. The SMILES string of the molecule is O[C@H]1c2ccnn2CCC[C@H]1C1c2ccccc2-c2cncn21. The predicted molar refractivity (Wildman–Crippen MR) is 85.7 cm³/mol. The van der Waals surface area contributed by atoms with Gasteiger partial charge in [-0.2, -0.15) is 5.10 Å². The number of hydrogen-bond donors (Lipinski definition) is 1. The summed E-state index contributed by atoms with van der Waals surface area (Å²) in [4.78, 5) is 4.33. The minimum Gasteiger partial charge on any atom is -0.386 e. The van der Waals surface area contributed by atoms with Crippen molar-refractivity contribution < 1.29 is 5.11 Å². The maximum Gasteiger partial charge on any atom is 0.101 e. The van der Waals surface area contributed by atoms with Gasteiger partial charge < -0.3 is 9.67 Å². The van der Waals surface area contributed by atoms with Crippen LogP contribution in [0.4, 0.5) is 0 Å². The van der Waals surface area contributed by atoms with Crippen LogP contribution in [0.1, 0.15) is 36.2 Å². The molecule has 0 spiro atoms. The summed E-state index contributed by atoms with van der Waals surface area (Å²) >= 11 is 0. The zero-order valence-corrected chi connectivity index (χ0v) is 12.7. The molecule has 0 saturated heterocycles. The number of aliphatic hydroxyl groups excluding tert-OH is 1. The maximum atomic E-state index is 11.0. The molecule has 3 atom stereocenters. The molecule has 0 saturated carbocycles. The lowest BCUT2D eigenvalue weighted by atomic mass is 9.84. The topological polar surface area (TPSA) is 55.9 Å². The van der Waals surface area contributed by atoms with Gasteiger partial charge in [0.2, 0.25) is 0 Å². The molecule has 116 valence electrons. The van der Waals surface area contributed by atoms with E-state index in [-0.39, 0.29) is 12.0 Å². The van der Waals surface area contributed by atoms with Gasteiger partial charge in [0.25, 0.3) is 0 Å². The largest absolute Gasteiger partial charge is 0.386 e. The average Bonchev–Trinajstić information content (AvgIpc) is 3.25. The predicted octanol–water partition coefficient (Wildman–Crippen LogP) is 2.79. The Morgan fingerprint density at radius 1 is 1.17 bits per heavy atom. The fourth-order valence-corrected chi connectivity index (χ4v) is 4.28. The molecule has 5 rings (SSSR count). The summed E-state index contributed by atoms with van der Waals surface area (Å²) < 4.78 is 4.17. The summed E-state index contributed by atoms with van der Waals surface area (Å²) in [5.41, 5.74) is 4.61. The molecule has 0 bridgehead atoms. The van der Waals surface area contributed by atoms with Crippen molar-refractivity contribution in [3.8, 4) is 11.3 Å². The molecule has 1 aromatic carbocycles. The van der Waals surface area contributed by atoms with Gasteiger partial charge in [-0.15, -0.1) is 0 Å². The molecule has 4 heterocycles. The van der Waals surface area contributed by atoms with Gasteiger partial charge in [-0.1, -0.05) is 24.3 Å². The third kappa shape index (κ3) is 1.77. The summed E-state index contributed by atoms with van der Waals surface area (Å²) in [5, 5.41) is 15.4. The van der Waals surface area contributed by atoms with Gasteiger partial charge in [0, 0.05) is 24.2 Å². The second kappa shape index (κ2) is 4.80. The number of aliphatic hydroxyl groups is 1. The Balaban J connectivity index is 1.65. The smallest absolute Gasteiger partial charge is 0.101 e. The molecule has 3 aromatic rings. The third-order valence-electron chi connectivity index (χ3n) is 5.29. The molecular formula is C18H18N4O. The van der Waals surface area contributed by atoms with Crippen LogP contribution in [-0.4, -0.2) is 24.4 Å². The summed E-state index contributed by atoms with van der Waals surface area (Å²) in [6, 6.07) is 10.6. The van der Waals surface area contributed by atoms with Crippen LogP contribution in [0.2, 0.25) is 0 Å². The minimum absolute atomic E-state index is 0.129. The van der Waals surface area contributed by atoms with Gasteiger partial charge in [0.1, 0.15) is 6.10 Å². The first-order valence-electron chi connectivity index (χ1n) is 8.15. The van der Waals surface area contributed by atoms with Crippen LogP contribution in [0.15, 0.2) is 49.1 Å². The Labute approximate surface area is 134 Å². The molecule has 2 aliphatic heterocycles. The van der Waals surface area contributed by atoms with Gasteiger partial charge in [-0.25, -0.2) is 4.98 Å². The molecule has 0 fully saturated rings. The number of hydrogen-bond acceptors (Lipinski definition) is 3. The molecule has 0 aliphatic carbocycles. The molecule has 5 heteroatoms. The van der Waals surface area contributed by atoms with Gasteiger partial charge >= 0.3 is 0 Å². The third-order valence-corrected chi connectivity index (χ3v) is 5.29. The van der Waals surface area contributed by atoms with Gasteiger partial charge in [-0.3, -0.25) is 4.68 Å². The van der Waals surface area contributed by atoms with Crippen LogP contribution < -0.4 is 0 Å². The number of benzene rings is 1. The lowest BCUT2D eigenvalue weighted by Gasteiger charge is -2.28. The first-order valence-corrected chi connectivity index (χ1v) is 8.15. The van der Waals surface area contributed by atoms with Crippen LogP contribution in [-0.2, 0) is 6.54 Å². The highest BCUT2D eigenvalue weighted by atomic mass is 16.3. The molecule has 1 unspecified atom stereocenters. The fourth-order valence-electron chi connectivity index (χ4n) is 4.28. The van der Waals surface area contributed by atoms with Crippen molar-refractivity contribution in [2.75, 3.05) is 0 Å². The van der Waals surface area contributed by atoms with Gasteiger partial charge in [0.05, 0.1) is 30.0 Å². The van der Waals surface area contributed by atoms with Gasteiger partial charge in [-0.05, 0) is 24.5 Å². The monoisotopic (exact) mass is 306 g/mol. The van der Waals surface area contributed by atoms with E-state index in [1.807, 2.05) is 23.3 Å². The standard InChI is InChI=1S/C18H18N4O/c23-18-14(6-3-9-22-15(18)7-8-20-22)17-13-5-2-1-4-12(13)16-10-19-11-21(16)17/h1-2,4-5,7-8,10-11,14,17-18,23H,3,6,9H2/t14-,17?,18+/m0/s1. The average molecular weight is 306 g/mol. The summed E-state index contributed by atoms with van der Waals surface area (Å²) in [6.07, 6.45) is 7.10. The molecule has 0 radical (unpaired) electrons. The molecule has 2 aromatic heterocycles. The summed E-state index contributed by atoms with van der Waals surface area (Å²) in [5.74, 6) is 0.129. The second-order valence-electron chi connectivity index (χ2n) is 6.45. The molecule has 5 nitrogen and oxygen atoms in total. The van der Waals surface area contributed by atoms with Crippen molar-refractivity contribution >= 4 is 0 Å². The maximum absolute atomic E-state index is 11.0. The van der Waals surface area contributed by atoms with Crippen LogP contribution in [0.3, 0.4) is 0 Å². The Morgan fingerprint density at radius 2 is 2.09 bits per heavy atom. The van der Waals surface area contributed by atoms with Crippen molar-refractivity contribution in [2.45, 2.75) is 31.5 Å². The normalized spacial score (nSPS) is 25.5. The number of rotatable bonds is 1. The van der Waals surface area contributed by atoms with Crippen molar-refractivity contribution in [2.24, 2.45) is 5.92 Å². The number of fused-ring (bicyclic) bond motifs is 4. The first kappa shape index (κ1) is 13.1. The van der Waals surface area contributed by atoms with Gasteiger partial charge in [0.15, 0.2) is 0 Å². The van der Waals surface area contributed by atoms with Crippen molar-refractivity contribution in [3.63, 3.8) is 0 Å². The van der Waals surface area contributed by atoms with Crippen molar-refractivity contribution in [3.05, 3.63) is 60.3 Å². The minimum atomic E-state index is -0.508. The number of imidazole rings is 1. The molecule has 2 aliphatic rings. The van der Waals surface area contributed by atoms with E-state index in [4.69, 9.17) is 0 Å². The molecule has 23 heavy (non-hydrogen) atoms. The Morgan fingerprint density at radius 3 is 3.04 bits per heavy atom. The van der Waals surface area contributed by atoms with E-state index in [2.05, 4.69) is 38.9 Å². The van der Waals surface area contributed by atoms with E-state index >= 15 is 0 Å². The van der Waals surface area contributed by atoms with E-state index in [0.29, 0.717) is 0 Å². The lowest BCUT2D eigenvalue weighted by molar-refractivity contribution is 0.0799. The first-order chi connectivity index (χ1) is 11.3. The van der Waals surface area contributed by atoms with Crippen LogP contribution >= 0.6 is 0 Å². The second-order valence-corrected chi connectivity index (χ2v) is 6.45. The quantitative estimate of drug-likeness (QED) is 0.752. The van der Waals surface area contributed by atoms with Crippen LogP contribution in [0, 0.1) is 5.92 Å². The van der Waals surface area contributed by atoms with Crippen molar-refractivity contribution in [1.29, 1.82) is 0 Å².